The first-order valence-electron chi connectivity index (χ1n) is 4.84. The van der Waals surface area contributed by atoms with E-state index < -0.39 is 23.4 Å². The Labute approximate surface area is 114 Å². The van der Waals surface area contributed by atoms with Crippen molar-refractivity contribution in [3.05, 3.63) is 40.0 Å². The average molecular weight is 337 g/mol. The number of anilines is 1. The standard InChI is InChI=1S/C11H8BrF3N2O2/c12-7-3-1-2-4-8(7)17-9(11(13,14)15)6(5-16)10(18)19/h1-5,16-17H,(H,18,19)/b9-6+,16-5?. The van der Waals surface area contributed by atoms with Gasteiger partial charge in [0.1, 0.15) is 11.3 Å². The zero-order valence-electron chi connectivity index (χ0n) is 9.25. The fourth-order valence-corrected chi connectivity index (χ4v) is 1.61. The maximum absolute atomic E-state index is 12.8. The van der Waals surface area contributed by atoms with E-state index in [9.17, 15) is 18.0 Å². The Morgan fingerprint density at radius 3 is 2.37 bits per heavy atom. The van der Waals surface area contributed by atoms with Crippen molar-refractivity contribution in [3.63, 3.8) is 0 Å². The number of para-hydroxylation sites is 1. The van der Waals surface area contributed by atoms with Gasteiger partial charge in [-0.05, 0) is 28.1 Å². The minimum atomic E-state index is -4.92. The van der Waals surface area contributed by atoms with Crippen molar-refractivity contribution in [1.82, 2.24) is 0 Å². The molecule has 102 valence electrons. The molecule has 0 fully saturated rings. The summed E-state index contributed by atoms with van der Waals surface area (Å²) >= 11 is 3.04. The monoisotopic (exact) mass is 336 g/mol. The van der Waals surface area contributed by atoms with Crippen molar-refractivity contribution in [2.75, 3.05) is 5.32 Å². The summed E-state index contributed by atoms with van der Waals surface area (Å²) in [4.78, 5) is 10.7. The van der Waals surface area contributed by atoms with E-state index in [1.807, 2.05) is 5.32 Å². The van der Waals surface area contributed by atoms with Crippen molar-refractivity contribution >= 4 is 33.8 Å². The van der Waals surface area contributed by atoms with Crippen LogP contribution in [0.4, 0.5) is 18.9 Å². The van der Waals surface area contributed by atoms with Gasteiger partial charge in [-0.1, -0.05) is 12.1 Å². The van der Waals surface area contributed by atoms with Gasteiger partial charge in [0.25, 0.3) is 0 Å². The van der Waals surface area contributed by atoms with E-state index in [0.717, 1.165) is 0 Å². The molecule has 0 amide bonds. The van der Waals surface area contributed by atoms with Crippen molar-refractivity contribution < 1.29 is 23.1 Å². The Morgan fingerprint density at radius 1 is 1.37 bits per heavy atom. The van der Waals surface area contributed by atoms with Gasteiger partial charge in [-0.25, -0.2) is 4.79 Å². The lowest BCUT2D eigenvalue weighted by molar-refractivity contribution is -0.133. The number of nitrogens with one attached hydrogen (secondary N) is 2. The average Bonchev–Trinajstić information content (AvgIpc) is 2.29. The van der Waals surface area contributed by atoms with Crippen LogP contribution in [-0.2, 0) is 4.79 Å². The van der Waals surface area contributed by atoms with Crippen molar-refractivity contribution in [2.24, 2.45) is 0 Å². The second kappa shape index (κ2) is 5.87. The number of halogens is 4. The molecule has 1 aromatic rings. The predicted octanol–water partition coefficient (Wildman–Crippen LogP) is 3.41. The number of carbonyl (C=O) groups is 1. The van der Waals surface area contributed by atoms with Crippen LogP contribution in [0.15, 0.2) is 40.0 Å². The first-order valence-corrected chi connectivity index (χ1v) is 5.63. The van der Waals surface area contributed by atoms with E-state index in [-0.39, 0.29) is 11.9 Å². The van der Waals surface area contributed by atoms with Gasteiger partial charge in [-0.3, -0.25) is 0 Å². The molecule has 0 saturated carbocycles. The second-order valence-corrected chi connectivity index (χ2v) is 4.20. The summed E-state index contributed by atoms with van der Waals surface area (Å²) in [6.07, 6.45) is -4.77. The van der Waals surface area contributed by atoms with Gasteiger partial charge >= 0.3 is 12.1 Å². The molecule has 19 heavy (non-hydrogen) atoms. The molecule has 8 heteroatoms. The minimum Gasteiger partial charge on any atom is -0.478 e. The number of hydrogen-bond acceptors (Lipinski definition) is 3. The molecule has 0 radical (unpaired) electrons. The molecule has 1 aromatic carbocycles. The third kappa shape index (κ3) is 3.82. The Hall–Kier alpha value is -1.83. The molecular formula is C11H8BrF3N2O2. The number of rotatable bonds is 4. The third-order valence-corrected chi connectivity index (χ3v) is 2.75. The maximum atomic E-state index is 12.8. The van der Waals surface area contributed by atoms with Gasteiger partial charge in [0.2, 0.25) is 0 Å². The summed E-state index contributed by atoms with van der Waals surface area (Å²) in [6.45, 7) is 0. The number of allylic oxidation sites excluding steroid dienone is 1. The van der Waals surface area contributed by atoms with E-state index in [2.05, 4.69) is 15.9 Å². The molecule has 0 aliphatic rings. The van der Waals surface area contributed by atoms with Crippen LogP contribution in [-0.4, -0.2) is 23.5 Å². The molecule has 0 aliphatic heterocycles. The lowest BCUT2D eigenvalue weighted by Crippen LogP contribution is -2.24. The first kappa shape index (κ1) is 15.2. The summed E-state index contributed by atoms with van der Waals surface area (Å²) in [6, 6.07) is 5.94. The van der Waals surface area contributed by atoms with E-state index in [0.29, 0.717) is 4.47 Å². The normalized spacial score (nSPS) is 12.6. The van der Waals surface area contributed by atoms with Gasteiger partial charge in [-0.2, -0.15) is 13.2 Å². The zero-order valence-corrected chi connectivity index (χ0v) is 10.8. The Kier molecular flexibility index (Phi) is 4.71. The quantitative estimate of drug-likeness (QED) is 0.582. The van der Waals surface area contributed by atoms with Crippen LogP contribution in [0.25, 0.3) is 0 Å². The summed E-state index contributed by atoms with van der Waals surface area (Å²) in [5, 5.41) is 17.5. The lowest BCUT2D eigenvalue weighted by atomic mass is 10.2. The molecule has 0 atom stereocenters. The number of carboxylic acids is 1. The highest BCUT2D eigenvalue weighted by Crippen LogP contribution is 2.31. The molecule has 0 aromatic heterocycles. The summed E-state index contributed by atoms with van der Waals surface area (Å²) in [5.74, 6) is -1.83. The summed E-state index contributed by atoms with van der Waals surface area (Å²) in [5.41, 5.74) is -2.61. The number of carboxylic acid groups (broad SMARTS) is 1. The predicted molar refractivity (Wildman–Crippen MR) is 67.3 cm³/mol. The number of alkyl halides is 3. The molecule has 0 saturated heterocycles. The first-order chi connectivity index (χ1) is 8.77. The van der Waals surface area contributed by atoms with E-state index in [1.165, 1.54) is 18.2 Å². The Bertz CT molecular complexity index is 541. The fraction of sp³-hybridized carbons (Fsp3) is 0.0909. The van der Waals surface area contributed by atoms with Gasteiger partial charge in [-0.15, -0.1) is 0 Å². The van der Waals surface area contributed by atoms with Gasteiger partial charge in [0.05, 0.1) is 5.69 Å². The number of hydrogen-bond donors (Lipinski definition) is 3. The van der Waals surface area contributed by atoms with E-state index in [4.69, 9.17) is 10.5 Å². The number of benzene rings is 1. The zero-order chi connectivity index (χ0) is 14.6. The van der Waals surface area contributed by atoms with E-state index >= 15 is 0 Å². The summed E-state index contributed by atoms with van der Waals surface area (Å²) in [7, 11) is 0. The van der Waals surface area contributed by atoms with Crippen LogP contribution in [0, 0.1) is 5.41 Å². The van der Waals surface area contributed by atoms with Gasteiger partial charge in [0, 0.05) is 10.7 Å². The molecule has 0 aliphatic carbocycles. The molecule has 1 rings (SSSR count). The Balaban J connectivity index is 3.33. The highest BCUT2D eigenvalue weighted by molar-refractivity contribution is 9.10. The molecular weight excluding hydrogens is 329 g/mol. The molecule has 0 unspecified atom stereocenters. The molecule has 4 nitrogen and oxygen atoms in total. The van der Waals surface area contributed by atoms with Gasteiger partial charge < -0.3 is 15.8 Å². The third-order valence-electron chi connectivity index (χ3n) is 2.06. The van der Waals surface area contributed by atoms with Crippen LogP contribution in [0.5, 0.6) is 0 Å². The molecule has 0 heterocycles. The van der Waals surface area contributed by atoms with Crippen molar-refractivity contribution in [3.8, 4) is 0 Å². The van der Waals surface area contributed by atoms with Crippen LogP contribution >= 0.6 is 15.9 Å². The van der Waals surface area contributed by atoms with Crippen LogP contribution in [0.2, 0.25) is 0 Å². The number of aliphatic carboxylic acids is 1. The van der Waals surface area contributed by atoms with E-state index in [1.54, 1.807) is 6.07 Å². The van der Waals surface area contributed by atoms with Crippen molar-refractivity contribution in [2.45, 2.75) is 6.18 Å². The summed E-state index contributed by atoms with van der Waals surface area (Å²) < 4.78 is 38.8. The van der Waals surface area contributed by atoms with Crippen LogP contribution < -0.4 is 5.32 Å². The largest absolute Gasteiger partial charge is 0.478 e. The lowest BCUT2D eigenvalue weighted by Gasteiger charge is -2.16. The van der Waals surface area contributed by atoms with Gasteiger partial charge in [0.15, 0.2) is 0 Å². The maximum Gasteiger partial charge on any atom is 0.432 e. The fourth-order valence-electron chi connectivity index (χ4n) is 1.23. The Morgan fingerprint density at radius 2 is 1.95 bits per heavy atom. The smallest absolute Gasteiger partial charge is 0.432 e. The molecule has 0 spiro atoms. The van der Waals surface area contributed by atoms with Crippen LogP contribution in [0.3, 0.4) is 0 Å². The van der Waals surface area contributed by atoms with Crippen molar-refractivity contribution in [1.29, 1.82) is 5.41 Å². The second-order valence-electron chi connectivity index (χ2n) is 3.34. The SMILES string of the molecule is N=C/C(C(=O)O)=C(\Nc1ccccc1Br)C(F)(F)F. The molecule has 0 bridgehead atoms. The van der Waals surface area contributed by atoms with Crippen LogP contribution in [0.1, 0.15) is 0 Å². The highest BCUT2D eigenvalue weighted by atomic mass is 79.9. The minimum absolute atomic E-state index is 0.0513. The molecule has 3 N–H and O–H groups in total. The topological polar surface area (TPSA) is 73.2 Å². The highest BCUT2D eigenvalue weighted by Gasteiger charge is 2.38.